The molecule has 0 unspecified atom stereocenters. The number of nitrogens with zero attached hydrogens (tertiary/aromatic N) is 3. The molecule has 0 aliphatic carbocycles. The SMILES string of the molecule is C=C[C@@H](CO)n1ccc(N(C(=O)OC(C)(C)C)C(=O)OC(C)(C)C)nc1=O. The zero-order valence-electron chi connectivity index (χ0n) is 16.6. The minimum atomic E-state index is -1.02. The third-order valence-electron chi connectivity index (χ3n) is 3.01. The summed E-state index contributed by atoms with van der Waals surface area (Å²) in [6.07, 6.45) is 0.629. The highest BCUT2D eigenvalue weighted by atomic mass is 16.6. The van der Waals surface area contributed by atoms with Crippen molar-refractivity contribution in [1.29, 1.82) is 0 Å². The molecule has 2 amide bonds. The maximum atomic E-state index is 12.5. The summed E-state index contributed by atoms with van der Waals surface area (Å²) in [4.78, 5) is 41.7. The van der Waals surface area contributed by atoms with Gasteiger partial charge in [-0.2, -0.15) is 9.88 Å². The highest BCUT2D eigenvalue weighted by Gasteiger charge is 2.34. The second-order valence-corrected chi connectivity index (χ2v) is 7.76. The summed E-state index contributed by atoms with van der Waals surface area (Å²) in [6.45, 7) is 13.0. The lowest BCUT2D eigenvalue weighted by molar-refractivity contribution is 0.0429. The van der Waals surface area contributed by atoms with Gasteiger partial charge in [-0.05, 0) is 47.6 Å². The lowest BCUT2D eigenvalue weighted by Gasteiger charge is -2.28. The minimum Gasteiger partial charge on any atom is -0.443 e. The Morgan fingerprint density at radius 3 is 2.04 bits per heavy atom. The smallest absolute Gasteiger partial charge is 0.425 e. The highest BCUT2D eigenvalue weighted by molar-refractivity contribution is 6.08. The van der Waals surface area contributed by atoms with Gasteiger partial charge in [-0.25, -0.2) is 14.4 Å². The molecule has 0 aliphatic rings. The fraction of sp³-hybridized carbons (Fsp3) is 0.556. The Labute approximate surface area is 158 Å². The standard InChI is InChI=1S/C18H27N3O6/c1-8-12(11-22)20-10-9-13(19-14(20)23)21(15(24)26-17(2,3)4)16(25)27-18(5,6)7/h8-10,12,22H,1,11H2,2-7H3/t12-/m0/s1. The molecule has 1 rings (SSSR count). The molecular weight excluding hydrogens is 354 g/mol. The largest absolute Gasteiger partial charge is 0.443 e. The third-order valence-corrected chi connectivity index (χ3v) is 3.01. The quantitative estimate of drug-likeness (QED) is 0.798. The van der Waals surface area contributed by atoms with Gasteiger partial charge in [-0.3, -0.25) is 4.57 Å². The third kappa shape index (κ3) is 6.52. The number of anilines is 1. The van der Waals surface area contributed by atoms with E-state index in [9.17, 15) is 19.5 Å². The van der Waals surface area contributed by atoms with Gasteiger partial charge < -0.3 is 14.6 Å². The van der Waals surface area contributed by atoms with Crippen LogP contribution in [-0.2, 0) is 9.47 Å². The number of rotatable bonds is 4. The van der Waals surface area contributed by atoms with E-state index in [1.54, 1.807) is 41.5 Å². The monoisotopic (exact) mass is 381 g/mol. The summed E-state index contributed by atoms with van der Waals surface area (Å²) in [7, 11) is 0. The molecule has 0 radical (unpaired) electrons. The number of amides is 2. The van der Waals surface area contributed by atoms with Crippen LogP contribution in [0.4, 0.5) is 15.4 Å². The van der Waals surface area contributed by atoms with Gasteiger partial charge in [0.2, 0.25) is 0 Å². The van der Waals surface area contributed by atoms with Gasteiger partial charge in [0.05, 0.1) is 12.6 Å². The van der Waals surface area contributed by atoms with Crippen molar-refractivity contribution in [2.24, 2.45) is 0 Å². The maximum absolute atomic E-state index is 12.5. The summed E-state index contributed by atoms with van der Waals surface area (Å²) in [6, 6.07) is 0.594. The zero-order valence-corrected chi connectivity index (χ0v) is 16.6. The Kier molecular flexibility index (Phi) is 6.91. The Bertz CT molecular complexity index is 730. The molecule has 1 aromatic rings. The number of imide groups is 1. The molecular formula is C18H27N3O6. The molecule has 9 nitrogen and oxygen atoms in total. The molecule has 0 aliphatic heterocycles. The Balaban J connectivity index is 3.36. The van der Waals surface area contributed by atoms with Crippen LogP contribution in [0.3, 0.4) is 0 Å². The van der Waals surface area contributed by atoms with Gasteiger partial charge in [0.25, 0.3) is 0 Å². The van der Waals surface area contributed by atoms with E-state index in [2.05, 4.69) is 11.6 Å². The predicted octanol–water partition coefficient (Wildman–Crippen LogP) is 2.64. The number of aromatic nitrogens is 2. The van der Waals surface area contributed by atoms with Crippen LogP contribution in [0.25, 0.3) is 0 Å². The summed E-state index contributed by atoms with van der Waals surface area (Å²) in [5.41, 5.74) is -2.53. The van der Waals surface area contributed by atoms with Gasteiger partial charge in [0, 0.05) is 6.20 Å². The first-order chi connectivity index (χ1) is 12.3. The maximum Gasteiger partial charge on any atom is 0.425 e. The molecule has 0 fully saturated rings. The van der Waals surface area contributed by atoms with E-state index < -0.39 is 35.1 Å². The van der Waals surface area contributed by atoms with E-state index >= 15 is 0 Å². The lowest BCUT2D eigenvalue weighted by atomic mass is 10.2. The van der Waals surface area contributed by atoms with Crippen molar-refractivity contribution in [2.75, 3.05) is 11.5 Å². The first kappa shape index (κ1) is 22.4. The second kappa shape index (κ2) is 8.34. The van der Waals surface area contributed by atoms with Crippen LogP contribution in [0.5, 0.6) is 0 Å². The number of ether oxygens (including phenoxy) is 2. The molecule has 1 heterocycles. The molecule has 9 heteroatoms. The van der Waals surface area contributed by atoms with E-state index in [1.165, 1.54) is 18.3 Å². The molecule has 1 atom stereocenters. The van der Waals surface area contributed by atoms with Crippen LogP contribution >= 0.6 is 0 Å². The first-order valence-electron chi connectivity index (χ1n) is 8.37. The lowest BCUT2D eigenvalue weighted by Crippen LogP contribution is -2.45. The van der Waals surface area contributed by atoms with Gasteiger partial charge in [-0.15, -0.1) is 6.58 Å². The molecule has 0 bridgehead atoms. The van der Waals surface area contributed by atoms with Crippen molar-refractivity contribution in [3.63, 3.8) is 0 Å². The predicted molar refractivity (Wildman–Crippen MR) is 99.8 cm³/mol. The number of aliphatic hydroxyl groups is 1. The Morgan fingerprint density at radius 1 is 1.22 bits per heavy atom. The number of aliphatic hydroxyl groups excluding tert-OH is 1. The molecule has 0 spiro atoms. The van der Waals surface area contributed by atoms with E-state index in [4.69, 9.17) is 9.47 Å². The molecule has 150 valence electrons. The van der Waals surface area contributed by atoms with E-state index in [0.29, 0.717) is 4.90 Å². The minimum absolute atomic E-state index is 0.250. The Morgan fingerprint density at radius 2 is 1.70 bits per heavy atom. The molecule has 27 heavy (non-hydrogen) atoms. The molecule has 1 aromatic heterocycles. The van der Waals surface area contributed by atoms with Gasteiger partial charge in [0.15, 0.2) is 5.82 Å². The van der Waals surface area contributed by atoms with Crippen LogP contribution in [-0.4, -0.2) is 44.7 Å². The number of carbonyl (C=O) groups excluding carboxylic acids is 2. The van der Waals surface area contributed by atoms with Crippen molar-refractivity contribution >= 4 is 18.0 Å². The zero-order chi connectivity index (χ0) is 21.0. The fourth-order valence-electron chi connectivity index (χ4n) is 1.93. The van der Waals surface area contributed by atoms with Gasteiger partial charge >= 0.3 is 17.9 Å². The normalized spacial score (nSPS) is 12.9. The average Bonchev–Trinajstić information content (AvgIpc) is 2.46. The van der Waals surface area contributed by atoms with Gasteiger partial charge in [0.1, 0.15) is 11.2 Å². The summed E-state index contributed by atoms with van der Waals surface area (Å²) >= 11 is 0. The summed E-state index contributed by atoms with van der Waals surface area (Å²) in [5, 5.41) is 9.30. The van der Waals surface area contributed by atoms with Crippen LogP contribution in [0.2, 0.25) is 0 Å². The van der Waals surface area contributed by atoms with Crippen molar-refractivity contribution in [2.45, 2.75) is 58.8 Å². The van der Waals surface area contributed by atoms with Crippen LogP contribution in [0, 0.1) is 0 Å². The average molecular weight is 381 g/mol. The molecule has 0 saturated carbocycles. The van der Waals surface area contributed by atoms with Crippen molar-refractivity contribution in [3.8, 4) is 0 Å². The highest BCUT2D eigenvalue weighted by Crippen LogP contribution is 2.19. The van der Waals surface area contributed by atoms with Gasteiger partial charge in [-0.1, -0.05) is 6.08 Å². The van der Waals surface area contributed by atoms with Crippen molar-refractivity contribution in [3.05, 3.63) is 35.4 Å². The molecule has 1 N–H and O–H groups in total. The summed E-state index contributed by atoms with van der Waals surface area (Å²) < 4.78 is 11.6. The molecule has 0 saturated heterocycles. The van der Waals surface area contributed by atoms with Crippen LogP contribution in [0.15, 0.2) is 29.7 Å². The van der Waals surface area contributed by atoms with E-state index in [0.717, 1.165) is 4.57 Å². The van der Waals surface area contributed by atoms with Crippen molar-refractivity contribution < 1.29 is 24.2 Å². The summed E-state index contributed by atoms with van der Waals surface area (Å²) in [5.74, 6) is -0.250. The van der Waals surface area contributed by atoms with E-state index in [1.807, 2.05) is 0 Å². The van der Waals surface area contributed by atoms with E-state index in [-0.39, 0.29) is 12.4 Å². The van der Waals surface area contributed by atoms with Crippen LogP contribution in [0.1, 0.15) is 47.6 Å². The number of hydrogen-bond acceptors (Lipinski definition) is 7. The first-order valence-corrected chi connectivity index (χ1v) is 8.37. The second-order valence-electron chi connectivity index (χ2n) is 7.76. The van der Waals surface area contributed by atoms with Crippen LogP contribution < -0.4 is 10.6 Å². The number of hydrogen-bond donors (Lipinski definition) is 1. The Hall–Kier alpha value is -2.68. The molecule has 0 aromatic carbocycles. The number of carbonyl (C=O) groups is 2. The topological polar surface area (TPSA) is 111 Å². The fourth-order valence-corrected chi connectivity index (χ4v) is 1.93. The van der Waals surface area contributed by atoms with Crippen molar-refractivity contribution in [1.82, 2.24) is 9.55 Å².